The lowest BCUT2D eigenvalue weighted by Crippen LogP contribution is -2.18. The largest absolute Gasteiger partial charge is 0.382 e. The van der Waals surface area contributed by atoms with E-state index in [1.165, 1.54) is 6.20 Å². The van der Waals surface area contributed by atoms with Crippen LogP contribution in [-0.2, 0) is 0 Å². The molecule has 0 saturated heterocycles. The quantitative estimate of drug-likeness (QED) is 0.561. The molecule has 0 unspecified atom stereocenters. The Morgan fingerprint density at radius 1 is 1.32 bits per heavy atom. The van der Waals surface area contributed by atoms with Crippen molar-refractivity contribution in [2.45, 2.75) is 19.9 Å². The van der Waals surface area contributed by atoms with Gasteiger partial charge in [0.25, 0.3) is 5.91 Å². The van der Waals surface area contributed by atoms with Gasteiger partial charge in [-0.1, -0.05) is 23.7 Å². The molecule has 0 bridgehead atoms. The molecule has 2 aromatic rings. The third-order valence-corrected chi connectivity index (χ3v) is 3.04. The molecule has 1 aromatic heterocycles. The second-order valence-electron chi connectivity index (χ2n) is 4.93. The number of amides is 1. The zero-order valence-electron chi connectivity index (χ0n) is 12.2. The number of benzene rings is 1. The molecule has 7 heteroatoms. The van der Waals surface area contributed by atoms with E-state index >= 15 is 0 Å². The van der Waals surface area contributed by atoms with Gasteiger partial charge >= 0.3 is 0 Å². The number of anilines is 2. The molecule has 0 radical (unpaired) electrons. The van der Waals surface area contributed by atoms with Crippen molar-refractivity contribution in [2.24, 2.45) is 5.11 Å². The van der Waals surface area contributed by atoms with E-state index < -0.39 is 0 Å². The van der Waals surface area contributed by atoms with Gasteiger partial charge in [0, 0.05) is 12.2 Å². The summed E-state index contributed by atoms with van der Waals surface area (Å²) in [5.74, 6) is -0.344. The average Bonchev–Trinajstić information content (AvgIpc) is 2.47. The molecule has 0 aliphatic heterocycles. The summed E-state index contributed by atoms with van der Waals surface area (Å²) in [6.45, 7) is 3.93. The molecule has 22 heavy (non-hydrogen) atoms. The van der Waals surface area contributed by atoms with E-state index in [2.05, 4.69) is 20.7 Å². The molecule has 1 heterocycles. The smallest absolute Gasteiger partial charge is 0.259 e. The van der Waals surface area contributed by atoms with Crippen molar-refractivity contribution in [3.05, 3.63) is 47.2 Å². The predicted molar refractivity (Wildman–Crippen MR) is 87.2 cm³/mol. The summed E-state index contributed by atoms with van der Waals surface area (Å²) in [5, 5.41) is 9.59. The molecule has 1 amide bonds. The number of hydrogen-bond donors (Lipinski definition) is 3. The Balaban J connectivity index is 2.31. The van der Waals surface area contributed by atoms with Crippen molar-refractivity contribution in [1.29, 1.82) is 5.53 Å². The van der Waals surface area contributed by atoms with E-state index in [1.54, 1.807) is 30.3 Å². The second-order valence-corrected chi connectivity index (χ2v) is 5.32. The molecule has 0 atom stereocenters. The van der Waals surface area contributed by atoms with Crippen LogP contribution in [0.1, 0.15) is 24.2 Å². The number of pyridine rings is 1. The van der Waals surface area contributed by atoms with Gasteiger partial charge in [0.15, 0.2) is 0 Å². The van der Waals surface area contributed by atoms with Crippen LogP contribution in [-0.4, -0.2) is 16.9 Å². The summed E-state index contributed by atoms with van der Waals surface area (Å²) in [4.78, 5) is 16.4. The SMILES string of the molecule is CC(C)Nc1cc(Cl)ncc1C(=O)Nc1ccccc1N=N. The lowest BCUT2D eigenvalue weighted by atomic mass is 10.2. The van der Waals surface area contributed by atoms with Gasteiger partial charge in [-0.15, -0.1) is 0 Å². The van der Waals surface area contributed by atoms with Gasteiger partial charge in [-0.25, -0.2) is 10.5 Å². The number of para-hydroxylation sites is 2. The molecule has 0 spiro atoms. The van der Waals surface area contributed by atoms with Gasteiger partial charge < -0.3 is 10.6 Å². The maximum absolute atomic E-state index is 12.5. The fraction of sp³-hybridized carbons (Fsp3) is 0.200. The van der Waals surface area contributed by atoms with Gasteiger partial charge in [0.2, 0.25) is 0 Å². The lowest BCUT2D eigenvalue weighted by Gasteiger charge is -2.15. The maximum atomic E-state index is 12.5. The Bertz CT molecular complexity index is 702. The number of halogens is 1. The average molecular weight is 318 g/mol. The minimum absolute atomic E-state index is 0.139. The number of carbonyl (C=O) groups excluding carboxylic acids is 1. The van der Waals surface area contributed by atoms with Gasteiger partial charge in [-0.3, -0.25) is 4.79 Å². The van der Waals surface area contributed by atoms with Gasteiger partial charge in [-0.2, -0.15) is 5.11 Å². The summed E-state index contributed by atoms with van der Waals surface area (Å²) in [5.41, 5.74) is 8.96. The highest BCUT2D eigenvalue weighted by molar-refractivity contribution is 6.29. The van der Waals surface area contributed by atoms with Gasteiger partial charge in [0.1, 0.15) is 10.8 Å². The molecule has 114 valence electrons. The van der Waals surface area contributed by atoms with Crippen LogP contribution in [0.5, 0.6) is 0 Å². The van der Waals surface area contributed by atoms with Crippen LogP contribution >= 0.6 is 11.6 Å². The molecular weight excluding hydrogens is 302 g/mol. The van der Waals surface area contributed by atoms with Crippen LogP contribution in [0, 0.1) is 5.53 Å². The van der Waals surface area contributed by atoms with Crippen LogP contribution in [0.3, 0.4) is 0 Å². The van der Waals surface area contributed by atoms with Crippen LogP contribution in [0.4, 0.5) is 17.1 Å². The number of carbonyl (C=O) groups is 1. The first-order valence-electron chi connectivity index (χ1n) is 6.71. The molecule has 0 fully saturated rings. The number of nitrogens with zero attached hydrogens (tertiary/aromatic N) is 2. The number of aromatic nitrogens is 1. The van der Waals surface area contributed by atoms with Crippen LogP contribution in [0.25, 0.3) is 0 Å². The van der Waals surface area contributed by atoms with Crippen LogP contribution < -0.4 is 10.6 Å². The highest BCUT2D eigenvalue weighted by Crippen LogP contribution is 2.26. The highest BCUT2D eigenvalue weighted by Gasteiger charge is 2.15. The van der Waals surface area contributed by atoms with E-state index in [9.17, 15) is 4.79 Å². The normalized spacial score (nSPS) is 10.4. The van der Waals surface area contributed by atoms with Crippen LogP contribution in [0.15, 0.2) is 41.6 Å². The van der Waals surface area contributed by atoms with Crippen molar-refractivity contribution in [2.75, 3.05) is 10.6 Å². The van der Waals surface area contributed by atoms with Crippen molar-refractivity contribution in [1.82, 2.24) is 4.98 Å². The summed E-state index contributed by atoms with van der Waals surface area (Å²) in [7, 11) is 0. The summed E-state index contributed by atoms with van der Waals surface area (Å²) in [6, 6.07) is 8.59. The minimum atomic E-state index is -0.344. The molecule has 3 N–H and O–H groups in total. The fourth-order valence-electron chi connectivity index (χ4n) is 1.91. The first kappa shape index (κ1) is 15.9. The molecule has 1 aromatic carbocycles. The zero-order valence-corrected chi connectivity index (χ0v) is 13.0. The third-order valence-electron chi connectivity index (χ3n) is 2.83. The molecule has 0 saturated carbocycles. The van der Waals surface area contributed by atoms with Crippen molar-refractivity contribution < 1.29 is 4.79 Å². The molecule has 0 aliphatic carbocycles. The standard InChI is InChI=1S/C15H16ClN5O/c1-9(2)19-13-7-14(16)18-8-10(13)15(22)20-11-5-3-4-6-12(11)21-17/h3-9,17H,1-2H3,(H,18,19)(H,20,22). The van der Waals surface area contributed by atoms with Gasteiger partial charge in [-0.05, 0) is 32.0 Å². The molecule has 6 nitrogen and oxygen atoms in total. The van der Waals surface area contributed by atoms with Gasteiger partial charge in [0.05, 0.1) is 16.9 Å². The first-order valence-corrected chi connectivity index (χ1v) is 7.09. The highest BCUT2D eigenvalue weighted by atomic mass is 35.5. The number of nitrogens with one attached hydrogen (secondary N) is 3. The molecule has 0 aliphatic rings. The van der Waals surface area contributed by atoms with Crippen molar-refractivity contribution >= 4 is 34.6 Å². The summed E-state index contributed by atoms with van der Waals surface area (Å²) in [6.07, 6.45) is 1.42. The Morgan fingerprint density at radius 3 is 2.73 bits per heavy atom. The monoisotopic (exact) mass is 317 g/mol. The van der Waals surface area contributed by atoms with E-state index in [0.717, 1.165) is 0 Å². The summed E-state index contributed by atoms with van der Waals surface area (Å²) >= 11 is 5.89. The molecular formula is C15H16ClN5O. The first-order chi connectivity index (χ1) is 10.5. The minimum Gasteiger partial charge on any atom is -0.382 e. The topological polar surface area (TPSA) is 90.2 Å². The van der Waals surface area contributed by atoms with Crippen molar-refractivity contribution in [3.8, 4) is 0 Å². The number of hydrogen-bond acceptors (Lipinski definition) is 5. The van der Waals surface area contributed by atoms with E-state index in [0.29, 0.717) is 27.8 Å². The Kier molecular flexibility index (Phi) is 5.06. The Labute approximate surface area is 133 Å². The van der Waals surface area contributed by atoms with E-state index in [1.807, 2.05) is 13.8 Å². The van der Waals surface area contributed by atoms with Crippen molar-refractivity contribution in [3.63, 3.8) is 0 Å². The predicted octanol–water partition coefficient (Wildman–Crippen LogP) is 4.47. The second kappa shape index (κ2) is 7.00. The van der Waals surface area contributed by atoms with E-state index in [-0.39, 0.29) is 11.9 Å². The van der Waals surface area contributed by atoms with Crippen LogP contribution in [0.2, 0.25) is 5.15 Å². The lowest BCUT2D eigenvalue weighted by molar-refractivity contribution is 0.102. The number of rotatable bonds is 5. The Morgan fingerprint density at radius 2 is 2.05 bits per heavy atom. The molecule has 2 rings (SSSR count). The zero-order chi connectivity index (χ0) is 16.1. The summed E-state index contributed by atoms with van der Waals surface area (Å²) < 4.78 is 0. The fourth-order valence-corrected chi connectivity index (χ4v) is 2.07. The maximum Gasteiger partial charge on any atom is 0.259 e. The third kappa shape index (κ3) is 3.79. The van der Waals surface area contributed by atoms with E-state index in [4.69, 9.17) is 17.1 Å². The Hall–Kier alpha value is -2.47.